The Morgan fingerprint density at radius 2 is 2.05 bits per heavy atom. The summed E-state index contributed by atoms with van der Waals surface area (Å²) in [5, 5.41) is 23.5. The summed E-state index contributed by atoms with van der Waals surface area (Å²) in [4.78, 5) is 12.3. The van der Waals surface area contributed by atoms with Gasteiger partial charge >= 0.3 is 5.97 Å². The fraction of sp³-hybridized carbons (Fsp3) is 0.0833. The van der Waals surface area contributed by atoms with E-state index in [4.69, 9.17) is 16.7 Å². The summed E-state index contributed by atoms with van der Waals surface area (Å²) < 4.78 is 22.8. The molecular weight excluding hydrogens is 320 g/mol. The summed E-state index contributed by atoms with van der Waals surface area (Å²) >= 11 is 5.87. The number of aromatic carboxylic acids is 1. The lowest BCUT2D eigenvalue weighted by atomic mass is 10.1. The molecule has 2 rings (SSSR count). The van der Waals surface area contributed by atoms with Crippen molar-refractivity contribution in [2.45, 2.75) is 4.90 Å². The van der Waals surface area contributed by atoms with Gasteiger partial charge in [-0.1, -0.05) is 11.6 Å². The van der Waals surface area contributed by atoms with E-state index in [1.807, 2.05) is 0 Å². The number of allylic oxidation sites excluding steroid dienone is 2. The second kappa shape index (κ2) is 5.40. The second-order valence-corrected chi connectivity index (χ2v) is 6.21. The molecule has 9 heteroatoms. The van der Waals surface area contributed by atoms with E-state index in [0.717, 1.165) is 6.07 Å². The van der Waals surface area contributed by atoms with Crippen molar-refractivity contribution < 1.29 is 23.4 Å². The maximum Gasteiger partial charge on any atom is 0.337 e. The minimum Gasteiger partial charge on any atom is -0.510 e. The van der Waals surface area contributed by atoms with E-state index in [9.17, 15) is 23.4 Å². The van der Waals surface area contributed by atoms with E-state index >= 15 is 0 Å². The maximum atomic E-state index is 11.4. The van der Waals surface area contributed by atoms with Crippen LogP contribution >= 0.6 is 11.6 Å². The van der Waals surface area contributed by atoms with Crippen LogP contribution in [0.15, 0.2) is 41.1 Å². The monoisotopic (exact) mass is 330 g/mol. The Balaban J connectivity index is 2.62. The topological polar surface area (TPSA) is 121 Å². The van der Waals surface area contributed by atoms with Gasteiger partial charge in [0.1, 0.15) is 10.7 Å². The molecule has 0 atom stereocenters. The van der Waals surface area contributed by atoms with Gasteiger partial charge in [0.25, 0.3) is 0 Å². The fourth-order valence-electron chi connectivity index (χ4n) is 1.87. The molecule has 1 aliphatic heterocycles. The lowest BCUT2D eigenvalue weighted by Crippen LogP contribution is -2.24. The molecule has 0 aromatic heterocycles. The summed E-state index contributed by atoms with van der Waals surface area (Å²) in [7, 11) is -4.14. The van der Waals surface area contributed by atoms with Crippen LogP contribution in [0.5, 0.6) is 0 Å². The standard InChI is InChI=1S/C12H11ClN2O5S/c13-9-5-10(15-3-1-2-7(16)6-15)8(12(17)18)4-11(9)21(14,19)20/h1-5,16H,6H2,(H,17,18)(H2,14,19,20). The van der Waals surface area contributed by atoms with E-state index in [1.54, 1.807) is 0 Å². The van der Waals surface area contributed by atoms with E-state index in [0.29, 0.717) is 0 Å². The van der Waals surface area contributed by atoms with Gasteiger partial charge in [-0.05, 0) is 24.3 Å². The Labute approximate surface area is 125 Å². The van der Waals surface area contributed by atoms with E-state index in [2.05, 4.69) is 0 Å². The zero-order chi connectivity index (χ0) is 15.8. The first-order valence-corrected chi connectivity index (χ1v) is 7.55. The Morgan fingerprint density at radius 3 is 2.57 bits per heavy atom. The van der Waals surface area contributed by atoms with Crippen LogP contribution in [0.1, 0.15) is 10.4 Å². The van der Waals surface area contributed by atoms with Gasteiger partial charge in [-0.3, -0.25) is 0 Å². The SMILES string of the molecule is NS(=O)(=O)c1cc(C(=O)O)c(N2C=CC=C(O)C2)cc1Cl. The lowest BCUT2D eigenvalue weighted by Gasteiger charge is -2.24. The minimum absolute atomic E-state index is 0.0282. The number of aliphatic hydroxyl groups is 1. The van der Waals surface area contributed by atoms with Gasteiger partial charge in [0.15, 0.2) is 0 Å². The number of hydrogen-bond donors (Lipinski definition) is 3. The van der Waals surface area contributed by atoms with Crippen LogP contribution in [0.3, 0.4) is 0 Å². The molecule has 1 aromatic rings. The minimum atomic E-state index is -4.14. The highest BCUT2D eigenvalue weighted by Crippen LogP contribution is 2.31. The van der Waals surface area contributed by atoms with Gasteiger partial charge in [0.2, 0.25) is 10.0 Å². The number of nitrogens with two attached hydrogens (primary N) is 1. The van der Waals surface area contributed by atoms with Gasteiger partial charge in [-0.15, -0.1) is 0 Å². The van der Waals surface area contributed by atoms with Gasteiger partial charge in [-0.2, -0.15) is 0 Å². The van der Waals surface area contributed by atoms with Crippen molar-refractivity contribution in [3.05, 3.63) is 46.8 Å². The number of sulfonamides is 1. The first-order valence-electron chi connectivity index (χ1n) is 5.63. The largest absolute Gasteiger partial charge is 0.510 e. The molecule has 7 nitrogen and oxygen atoms in total. The molecule has 21 heavy (non-hydrogen) atoms. The number of nitrogens with zero attached hydrogens (tertiary/aromatic N) is 1. The summed E-state index contributed by atoms with van der Waals surface area (Å²) in [5.74, 6) is -1.31. The molecule has 1 aromatic carbocycles. The molecule has 112 valence electrons. The predicted molar refractivity (Wildman–Crippen MR) is 77.0 cm³/mol. The van der Waals surface area contributed by atoms with Crippen LogP contribution in [-0.2, 0) is 10.0 Å². The van der Waals surface area contributed by atoms with Crippen LogP contribution in [0.25, 0.3) is 0 Å². The molecule has 0 spiro atoms. The Bertz CT molecular complexity index is 770. The molecular formula is C12H11ClN2O5S. The van der Waals surface area contributed by atoms with Crippen LogP contribution < -0.4 is 10.0 Å². The van der Waals surface area contributed by atoms with Gasteiger partial charge in [0.05, 0.1) is 22.8 Å². The summed E-state index contributed by atoms with van der Waals surface area (Å²) in [6, 6.07) is 2.09. The molecule has 0 amide bonds. The first-order chi connectivity index (χ1) is 9.70. The van der Waals surface area contributed by atoms with E-state index < -0.39 is 20.9 Å². The van der Waals surface area contributed by atoms with Gasteiger partial charge < -0.3 is 15.1 Å². The predicted octanol–water partition coefficient (Wildman–Crippen LogP) is 1.46. The number of benzene rings is 1. The number of anilines is 1. The van der Waals surface area contributed by atoms with Crippen molar-refractivity contribution >= 4 is 33.3 Å². The van der Waals surface area contributed by atoms with Crippen molar-refractivity contribution in [2.75, 3.05) is 11.4 Å². The average molecular weight is 331 g/mol. The quantitative estimate of drug-likeness (QED) is 0.771. The van der Waals surface area contributed by atoms with Crippen LogP contribution in [0, 0.1) is 0 Å². The van der Waals surface area contributed by atoms with Crippen molar-refractivity contribution in [1.29, 1.82) is 0 Å². The second-order valence-electron chi connectivity index (χ2n) is 4.28. The Morgan fingerprint density at radius 1 is 1.38 bits per heavy atom. The van der Waals surface area contributed by atoms with Crippen LogP contribution in [-0.4, -0.2) is 31.1 Å². The molecule has 0 saturated carbocycles. The maximum absolute atomic E-state index is 11.4. The highest BCUT2D eigenvalue weighted by molar-refractivity contribution is 7.89. The number of carboxylic acid groups (broad SMARTS) is 1. The zero-order valence-electron chi connectivity index (χ0n) is 10.5. The summed E-state index contributed by atoms with van der Waals surface area (Å²) in [5.41, 5.74) is -0.140. The number of carbonyl (C=O) groups is 1. The van der Waals surface area contributed by atoms with Crippen LogP contribution in [0.4, 0.5) is 5.69 Å². The Hall–Kier alpha value is -2.03. The number of primary sulfonamides is 1. The van der Waals surface area contributed by atoms with E-state index in [-0.39, 0.29) is 28.6 Å². The first kappa shape index (κ1) is 15.4. The number of halogens is 1. The molecule has 0 unspecified atom stereocenters. The summed E-state index contributed by atoms with van der Waals surface area (Å²) in [6.07, 6.45) is 4.51. The third kappa shape index (κ3) is 3.18. The average Bonchev–Trinajstić information content (AvgIpc) is 2.36. The Kier molecular flexibility index (Phi) is 3.95. The highest BCUT2D eigenvalue weighted by atomic mass is 35.5. The van der Waals surface area contributed by atoms with Gasteiger partial charge in [-0.25, -0.2) is 18.4 Å². The third-order valence-electron chi connectivity index (χ3n) is 2.78. The lowest BCUT2D eigenvalue weighted by molar-refractivity contribution is 0.0697. The molecule has 4 N–H and O–H groups in total. The molecule has 0 aliphatic carbocycles. The molecule has 1 heterocycles. The smallest absolute Gasteiger partial charge is 0.337 e. The number of rotatable bonds is 3. The number of carboxylic acids is 1. The molecule has 0 radical (unpaired) electrons. The van der Waals surface area contributed by atoms with Crippen molar-refractivity contribution in [3.63, 3.8) is 0 Å². The van der Waals surface area contributed by atoms with Crippen molar-refractivity contribution in [3.8, 4) is 0 Å². The van der Waals surface area contributed by atoms with Crippen molar-refractivity contribution in [1.82, 2.24) is 0 Å². The highest BCUT2D eigenvalue weighted by Gasteiger charge is 2.23. The number of hydrogen-bond acceptors (Lipinski definition) is 5. The molecule has 0 bridgehead atoms. The zero-order valence-corrected chi connectivity index (χ0v) is 12.1. The summed E-state index contributed by atoms with van der Waals surface area (Å²) in [6.45, 7) is 0.0435. The van der Waals surface area contributed by atoms with Crippen LogP contribution in [0.2, 0.25) is 5.02 Å². The van der Waals surface area contributed by atoms with E-state index in [1.165, 1.54) is 29.3 Å². The fourth-order valence-corrected chi connectivity index (χ4v) is 2.97. The molecule has 1 aliphatic rings. The normalized spacial score (nSPS) is 15.0. The third-order valence-corrected chi connectivity index (χ3v) is 4.16. The molecule has 0 saturated heterocycles. The molecule has 0 fully saturated rings. The number of aliphatic hydroxyl groups excluding tert-OH is 1. The van der Waals surface area contributed by atoms with Crippen molar-refractivity contribution in [2.24, 2.45) is 5.14 Å². The van der Waals surface area contributed by atoms with Gasteiger partial charge in [0, 0.05) is 6.20 Å².